The molecule has 0 saturated heterocycles. The normalized spacial score (nSPS) is 21.1. The molecule has 2 aliphatic heterocycles. The van der Waals surface area contributed by atoms with Crippen LogP contribution in [0.25, 0.3) is 0 Å². The summed E-state index contributed by atoms with van der Waals surface area (Å²) in [4.78, 5) is 0. The molecule has 0 bridgehead atoms. The Bertz CT molecular complexity index is 602. The summed E-state index contributed by atoms with van der Waals surface area (Å²) in [5.74, 6) is 1.29. The van der Waals surface area contributed by atoms with Gasteiger partial charge >= 0.3 is 12.4 Å². The second-order valence-electron chi connectivity index (χ2n) is 5.83. The van der Waals surface area contributed by atoms with Gasteiger partial charge in [0.1, 0.15) is 0 Å². The molecule has 0 fully saturated rings. The van der Waals surface area contributed by atoms with Crippen LogP contribution in [0.4, 0.5) is 5.69 Å². The maximum atomic E-state index is 4.27. The standard InChI is InChI=1S/C17H20N2/c1-4-16-13(7-5-11(2)3)14-8-6-12-9-18-10-15(12)17(14)19-16/h4,6,8-11,13H,5,7H2,1-3H3/p+1. The average molecular weight is 253 g/mol. The lowest BCUT2D eigenvalue weighted by molar-refractivity contribution is 0.531. The Hall–Kier alpha value is -1.79. The molecule has 0 aromatic heterocycles. The van der Waals surface area contributed by atoms with Gasteiger partial charge in [0.05, 0.1) is 16.8 Å². The zero-order valence-electron chi connectivity index (χ0n) is 11.9. The molecule has 3 rings (SSSR count). The van der Waals surface area contributed by atoms with Gasteiger partial charge in [-0.15, -0.1) is 0 Å². The number of nitrogens with one attached hydrogen (secondary N) is 1. The first-order chi connectivity index (χ1) is 9.20. The highest BCUT2D eigenvalue weighted by Crippen LogP contribution is 2.43. The molecule has 19 heavy (non-hydrogen) atoms. The first-order valence-electron chi connectivity index (χ1n) is 7.17. The second-order valence-corrected chi connectivity index (χ2v) is 5.83. The van der Waals surface area contributed by atoms with Crippen LogP contribution in [0.5, 0.6) is 0 Å². The summed E-state index contributed by atoms with van der Waals surface area (Å²) in [6, 6.07) is 4.47. The summed E-state index contributed by atoms with van der Waals surface area (Å²) >= 11 is 0. The summed E-state index contributed by atoms with van der Waals surface area (Å²) in [7, 11) is 0. The molecule has 0 radical (unpaired) electrons. The lowest BCUT2D eigenvalue weighted by atomic mass is 9.89. The maximum absolute atomic E-state index is 4.27. The minimum absolute atomic E-state index is 0.529. The van der Waals surface area contributed by atoms with Gasteiger partial charge in [-0.1, -0.05) is 37.1 Å². The molecule has 1 N–H and O–H groups in total. The van der Waals surface area contributed by atoms with Crippen LogP contribution in [0, 0.1) is 5.92 Å². The molecule has 2 heterocycles. The molecule has 2 aliphatic rings. The zero-order valence-corrected chi connectivity index (χ0v) is 11.9. The van der Waals surface area contributed by atoms with Crippen LogP contribution in [0.15, 0.2) is 23.9 Å². The second kappa shape index (κ2) is 4.71. The van der Waals surface area contributed by atoms with E-state index in [9.17, 15) is 0 Å². The number of rotatable bonds is 3. The predicted octanol–water partition coefficient (Wildman–Crippen LogP) is 3.45. The van der Waals surface area contributed by atoms with Crippen molar-refractivity contribution in [1.82, 2.24) is 4.67 Å². The smallest absolute Gasteiger partial charge is 0.302 e. The van der Waals surface area contributed by atoms with Gasteiger partial charge in [0, 0.05) is 11.6 Å². The highest BCUT2D eigenvalue weighted by atomic mass is 14.9. The zero-order chi connectivity index (χ0) is 13.4. The van der Waals surface area contributed by atoms with Crippen LogP contribution in [0.3, 0.4) is 0 Å². The molecule has 0 spiro atoms. The van der Waals surface area contributed by atoms with Crippen molar-refractivity contribution in [2.75, 3.05) is 5.32 Å². The van der Waals surface area contributed by atoms with E-state index in [4.69, 9.17) is 0 Å². The summed E-state index contributed by atoms with van der Waals surface area (Å²) in [5, 5.41) is 3.61. The summed E-state index contributed by atoms with van der Waals surface area (Å²) in [5.41, 5.74) is 6.55. The van der Waals surface area contributed by atoms with Crippen molar-refractivity contribution in [1.29, 1.82) is 0 Å². The number of fused-ring (bicyclic) bond motifs is 3. The molecule has 1 atom stereocenters. The van der Waals surface area contributed by atoms with Crippen molar-refractivity contribution in [2.24, 2.45) is 5.92 Å². The van der Waals surface area contributed by atoms with E-state index in [1.807, 2.05) is 12.4 Å². The molecule has 1 unspecified atom stereocenters. The molecule has 0 saturated carbocycles. The number of nitrogens with zero attached hydrogens (tertiary/aromatic N) is 1. The van der Waals surface area contributed by atoms with Gasteiger partial charge in [0.15, 0.2) is 0 Å². The topological polar surface area (TPSA) is 26.1 Å². The van der Waals surface area contributed by atoms with Gasteiger partial charge < -0.3 is 5.32 Å². The van der Waals surface area contributed by atoms with E-state index in [1.54, 1.807) is 0 Å². The Morgan fingerprint density at radius 1 is 1.32 bits per heavy atom. The third-order valence-corrected chi connectivity index (χ3v) is 4.09. The molecule has 98 valence electrons. The van der Waals surface area contributed by atoms with E-state index >= 15 is 0 Å². The average Bonchev–Trinajstić information content (AvgIpc) is 2.99. The number of benzene rings is 1. The van der Waals surface area contributed by atoms with Gasteiger partial charge in [-0.2, -0.15) is 0 Å². The number of anilines is 1. The van der Waals surface area contributed by atoms with Gasteiger partial charge in [-0.3, -0.25) is 0 Å². The molecule has 1 aromatic carbocycles. The molecule has 0 amide bonds. The van der Waals surface area contributed by atoms with Crippen molar-refractivity contribution >= 4 is 18.1 Å². The first-order valence-corrected chi connectivity index (χ1v) is 7.17. The van der Waals surface area contributed by atoms with E-state index in [2.05, 4.69) is 49.0 Å². The van der Waals surface area contributed by atoms with Crippen molar-refractivity contribution < 1.29 is 0 Å². The fourth-order valence-electron chi connectivity index (χ4n) is 3.01. The quantitative estimate of drug-likeness (QED) is 0.833. The Morgan fingerprint density at radius 3 is 2.89 bits per heavy atom. The Morgan fingerprint density at radius 2 is 2.16 bits per heavy atom. The maximum Gasteiger partial charge on any atom is 0.302 e. The van der Waals surface area contributed by atoms with Crippen molar-refractivity contribution in [3.63, 3.8) is 0 Å². The number of hydrogen-bond donors (Lipinski definition) is 1. The number of hydrogen-bond acceptors (Lipinski definition) is 1. The van der Waals surface area contributed by atoms with Crippen molar-refractivity contribution in [3.8, 4) is 0 Å². The van der Waals surface area contributed by atoms with Gasteiger partial charge in [0.2, 0.25) is 0 Å². The Balaban J connectivity index is 1.98. The third-order valence-electron chi connectivity index (χ3n) is 4.09. The summed E-state index contributed by atoms with van der Waals surface area (Å²) < 4.78 is 4.27. The van der Waals surface area contributed by atoms with Crippen LogP contribution < -0.4 is 9.98 Å². The van der Waals surface area contributed by atoms with Crippen LogP contribution in [0.1, 0.15) is 56.2 Å². The largest absolute Gasteiger partial charge is 0.358 e. The van der Waals surface area contributed by atoms with E-state index in [0.717, 1.165) is 5.92 Å². The van der Waals surface area contributed by atoms with Gasteiger partial charge in [-0.25, -0.2) is 0 Å². The molecular formula is C17H21N2+. The monoisotopic (exact) mass is 253 g/mol. The van der Waals surface area contributed by atoms with E-state index in [1.165, 1.54) is 40.9 Å². The fraction of sp³-hybridized carbons (Fsp3) is 0.412. The fourth-order valence-corrected chi connectivity index (χ4v) is 3.01. The molecule has 1 aromatic rings. The Labute approximate surface area is 115 Å². The van der Waals surface area contributed by atoms with Crippen molar-refractivity contribution in [3.05, 3.63) is 40.6 Å². The highest BCUT2D eigenvalue weighted by Gasteiger charge is 2.31. The summed E-state index contributed by atoms with van der Waals surface area (Å²) in [6.45, 7) is 6.71. The van der Waals surface area contributed by atoms with Crippen LogP contribution in [0.2, 0.25) is 0 Å². The lowest BCUT2D eigenvalue weighted by Gasteiger charge is -2.14. The molecule has 2 nitrogen and oxygen atoms in total. The van der Waals surface area contributed by atoms with E-state index in [0.29, 0.717) is 5.92 Å². The van der Waals surface area contributed by atoms with E-state index < -0.39 is 0 Å². The SMILES string of the molecule is CC=C1Nc2c(ccc3c2C=[N+]=C3)C1CCC(C)C. The minimum atomic E-state index is 0.529. The van der Waals surface area contributed by atoms with Crippen LogP contribution in [-0.4, -0.2) is 12.4 Å². The van der Waals surface area contributed by atoms with Crippen molar-refractivity contribution in [2.45, 2.75) is 39.5 Å². The van der Waals surface area contributed by atoms with E-state index in [-0.39, 0.29) is 0 Å². The van der Waals surface area contributed by atoms with Crippen LogP contribution in [-0.2, 0) is 0 Å². The molecule has 2 heteroatoms. The third kappa shape index (κ3) is 2.02. The number of allylic oxidation sites excluding steroid dienone is 2. The van der Waals surface area contributed by atoms with Crippen LogP contribution >= 0.6 is 0 Å². The first kappa shape index (κ1) is 12.3. The molecule has 0 aliphatic carbocycles. The lowest BCUT2D eigenvalue weighted by Crippen LogP contribution is -2.02. The highest BCUT2D eigenvalue weighted by molar-refractivity contribution is 6.06. The van der Waals surface area contributed by atoms with Gasteiger partial charge in [-0.05, 0) is 30.9 Å². The Kier molecular flexibility index (Phi) is 3.04. The minimum Gasteiger partial charge on any atom is -0.358 e. The van der Waals surface area contributed by atoms with Gasteiger partial charge in [0.25, 0.3) is 0 Å². The molecular weight excluding hydrogens is 232 g/mol. The predicted molar refractivity (Wildman–Crippen MR) is 83.1 cm³/mol. The summed E-state index contributed by atoms with van der Waals surface area (Å²) in [6.07, 6.45) is 8.61.